The second-order valence-corrected chi connectivity index (χ2v) is 10.6. The van der Waals surface area contributed by atoms with Crippen molar-refractivity contribution < 1.29 is 14.3 Å². The van der Waals surface area contributed by atoms with Crippen LogP contribution >= 0.6 is 11.3 Å². The fourth-order valence-corrected chi connectivity index (χ4v) is 4.60. The molecule has 0 aromatic carbocycles. The van der Waals surface area contributed by atoms with Crippen LogP contribution in [0, 0.1) is 5.92 Å². The molecule has 5 heterocycles. The zero-order valence-corrected chi connectivity index (χ0v) is 20.8. The molecule has 10 nitrogen and oxygen atoms in total. The summed E-state index contributed by atoms with van der Waals surface area (Å²) < 4.78 is 14.2. The van der Waals surface area contributed by atoms with Crippen molar-refractivity contribution in [3.8, 4) is 11.5 Å². The van der Waals surface area contributed by atoms with Gasteiger partial charge in [-0.1, -0.05) is 32.1 Å². The zero-order valence-electron chi connectivity index (χ0n) is 20.0. The lowest BCUT2D eigenvalue weighted by Gasteiger charge is -2.28. The van der Waals surface area contributed by atoms with E-state index in [1.54, 1.807) is 24.5 Å². The molecule has 1 fully saturated rings. The van der Waals surface area contributed by atoms with Crippen LogP contribution in [0.2, 0.25) is 0 Å². The third kappa shape index (κ3) is 5.41. The second kappa shape index (κ2) is 9.23. The van der Waals surface area contributed by atoms with Gasteiger partial charge in [-0.05, 0) is 6.07 Å². The first-order valence-electron chi connectivity index (χ1n) is 11.3. The quantitative estimate of drug-likeness (QED) is 0.380. The number of carbonyl (C=O) groups excluding carboxylic acids is 1. The van der Waals surface area contributed by atoms with E-state index >= 15 is 0 Å². The van der Waals surface area contributed by atoms with Gasteiger partial charge in [-0.3, -0.25) is 9.48 Å². The average Bonchev–Trinajstić information content (AvgIpc) is 3.33. The van der Waals surface area contributed by atoms with E-state index in [0.29, 0.717) is 34.0 Å². The molecule has 35 heavy (non-hydrogen) atoms. The van der Waals surface area contributed by atoms with Gasteiger partial charge < -0.3 is 20.1 Å². The van der Waals surface area contributed by atoms with Crippen LogP contribution in [0.4, 0.5) is 16.8 Å². The summed E-state index contributed by atoms with van der Waals surface area (Å²) in [6.07, 6.45) is 3.20. The molecule has 0 saturated carbocycles. The van der Waals surface area contributed by atoms with Crippen molar-refractivity contribution in [1.82, 2.24) is 24.7 Å². The topological polar surface area (TPSA) is 116 Å². The number of hydrogen-bond donors (Lipinski definition) is 2. The first-order valence-corrected chi connectivity index (χ1v) is 12.2. The fraction of sp³-hybridized carbons (Fsp3) is 0.375. The minimum Gasteiger partial charge on any atom is -0.455 e. The molecule has 2 N–H and O–H groups in total. The summed E-state index contributed by atoms with van der Waals surface area (Å²) in [5.74, 6) is 2.60. The molecule has 0 spiro atoms. The molecule has 0 atom stereocenters. The van der Waals surface area contributed by atoms with E-state index in [4.69, 9.17) is 14.6 Å². The first-order chi connectivity index (χ1) is 16.7. The van der Waals surface area contributed by atoms with Crippen LogP contribution in [0.5, 0.6) is 11.5 Å². The highest BCUT2D eigenvalue weighted by atomic mass is 32.1. The van der Waals surface area contributed by atoms with E-state index in [9.17, 15) is 4.79 Å². The highest BCUT2D eigenvalue weighted by Crippen LogP contribution is 2.33. The van der Waals surface area contributed by atoms with Crippen LogP contribution in [0.25, 0.3) is 10.3 Å². The standard InChI is InChI=1S/C24H27N7O3S/c1-14(32)27-20-8-16(5-6-25-20)34-17-7-18-22(26-10-17)29-23(35-18)28-21-9-19(24(2,3)4)31(30-21)11-15-12-33-13-15/h5-10,15H,11-13H2,1-4H3,(H,25,27,32)(H,26,28,29,30). The molecule has 0 radical (unpaired) electrons. The van der Waals surface area contributed by atoms with Crippen molar-refractivity contribution in [2.24, 2.45) is 5.92 Å². The number of fused-ring (bicyclic) bond motifs is 1. The summed E-state index contributed by atoms with van der Waals surface area (Å²) in [4.78, 5) is 24.4. The smallest absolute Gasteiger partial charge is 0.222 e. The molecule has 182 valence electrons. The molecule has 0 bridgehead atoms. The van der Waals surface area contributed by atoms with Crippen molar-refractivity contribution in [1.29, 1.82) is 0 Å². The van der Waals surface area contributed by atoms with Crippen LogP contribution in [-0.2, 0) is 21.5 Å². The van der Waals surface area contributed by atoms with Crippen LogP contribution in [-0.4, -0.2) is 43.9 Å². The SMILES string of the molecule is CC(=O)Nc1cc(Oc2cnc3nc(Nc4cc(C(C)(C)C)n(CC5COC5)n4)sc3c2)ccn1. The molecule has 1 saturated heterocycles. The van der Waals surface area contributed by atoms with Gasteiger partial charge in [0.25, 0.3) is 0 Å². The lowest BCUT2D eigenvalue weighted by atomic mass is 9.92. The normalized spacial score (nSPS) is 14.1. The summed E-state index contributed by atoms with van der Waals surface area (Å²) in [5, 5.41) is 11.5. The Morgan fingerprint density at radius 3 is 2.74 bits per heavy atom. The highest BCUT2D eigenvalue weighted by molar-refractivity contribution is 7.22. The molecular weight excluding hydrogens is 466 g/mol. The lowest BCUT2D eigenvalue weighted by molar-refractivity contribution is -0.114. The molecule has 0 aliphatic carbocycles. The van der Waals surface area contributed by atoms with E-state index in [1.807, 2.05) is 6.07 Å². The second-order valence-electron chi connectivity index (χ2n) is 9.55. The van der Waals surface area contributed by atoms with Gasteiger partial charge in [0.1, 0.15) is 17.3 Å². The Hall–Kier alpha value is -3.57. The van der Waals surface area contributed by atoms with Gasteiger partial charge in [0.15, 0.2) is 16.6 Å². The number of anilines is 3. The minimum atomic E-state index is -0.195. The third-order valence-electron chi connectivity index (χ3n) is 5.41. The Bertz CT molecular complexity index is 1370. The number of hydrogen-bond acceptors (Lipinski definition) is 9. The molecule has 1 amide bonds. The third-order valence-corrected chi connectivity index (χ3v) is 6.32. The molecular formula is C24H27N7O3S. The van der Waals surface area contributed by atoms with Gasteiger partial charge in [0, 0.05) is 54.9 Å². The zero-order chi connectivity index (χ0) is 24.6. The summed E-state index contributed by atoms with van der Waals surface area (Å²) in [5.41, 5.74) is 1.75. The Kier molecular flexibility index (Phi) is 6.12. The summed E-state index contributed by atoms with van der Waals surface area (Å²) in [6.45, 7) is 10.4. The maximum absolute atomic E-state index is 11.3. The fourth-order valence-electron chi connectivity index (χ4n) is 3.74. The van der Waals surface area contributed by atoms with Crippen molar-refractivity contribution in [3.63, 3.8) is 0 Å². The van der Waals surface area contributed by atoms with Crippen LogP contribution in [0.3, 0.4) is 0 Å². The lowest BCUT2D eigenvalue weighted by Crippen LogP contribution is -2.33. The van der Waals surface area contributed by atoms with Gasteiger partial charge >= 0.3 is 0 Å². The predicted octanol–water partition coefficient (Wildman–Crippen LogP) is 4.72. The van der Waals surface area contributed by atoms with E-state index in [1.165, 1.54) is 18.3 Å². The Labute approximate surface area is 206 Å². The van der Waals surface area contributed by atoms with E-state index in [2.05, 4.69) is 57.1 Å². The Morgan fingerprint density at radius 2 is 2.03 bits per heavy atom. The van der Waals surface area contributed by atoms with E-state index in [0.717, 1.165) is 36.0 Å². The van der Waals surface area contributed by atoms with E-state index in [-0.39, 0.29) is 11.3 Å². The van der Waals surface area contributed by atoms with Gasteiger partial charge in [-0.2, -0.15) is 10.1 Å². The maximum atomic E-state index is 11.3. The number of thiazole rings is 1. The number of aromatic nitrogens is 5. The van der Waals surface area contributed by atoms with Crippen molar-refractivity contribution in [2.45, 2.75) is 39.7 Å². The number of nitrogens with one attached hydrogen (secondary N) is 2. The molecule has 5 rings (SSSR count). The Morgan fingerprint density at radius 1 is 1.20 bits per heavy atom. The van der Waals surface area contributed by atoms with Gasteiger partial charge in [0.2, 0.25) is 5.91 Å². The van der Waals surface area contributed by atoms with Crippen LogP contribution < -0.4 is 15.4 Å². The number of pyridine rings is 2. The van der Waals surface area contributed by atoms with Gasteiger partial charge in [0.05, 0.1) is 24.1 Å². The van der Waals surface area contributed by atoms with E-state index < -0.39 is 0 Å². The van der Waals surface area contributed by atoms with Gasteiger partial charge in [-0.25, -0.2) is 9.97 Å². The monoisotopic (exact) mass is 493 g/mol. The van der Waals surface area contributed by atoms with Crippen molar-refractivity contribution >= 4 is 44.4 Å². The van der Waals surface area contributed by atoms with Crippen molar-refractivity contribution in [3.05, 3.63) is 42.4 Å². The molecule has 4 aromatic heterocycles. The summed E-state index contributed by atoms with van der Waals surface area (Å²) in [7, 11) is 0. The predicted molar refractivity (Wildman–Crippen MR) is 135 cm³/mol. The summed E-state index contributed by atoms with van der Waals surface area (Å²) in [6, 6.07) is 7.35. The first kappa shape index (κ1) is 23.2. The number of rotatable bonds is 7. The number of nitrogens with zero attached hydrogens (tertiary/aromatic N) is 5. The number of ether oxygens (including phenoxy) is 2. The number of carbonyl (C=O) groups is 1. The molecule has 0 unspecified atom stereocenters. The highest BCUT2D eigenvalue weighted by Gasteiger charge is 2.26. The van der Waals surface area contributed by atoms with Crippen LogP contribution in [0.15, 0.2) is 36.7 Å². The van der Waals surface area contributed by atoms with Gasteiger partial charge in [-0.15, -0.1) is 0 Å². The maximum Gasteiger partial charge on any atom is 0.222 e. The summed E-state index contributed by atoms with van der Waals surface area (Å²) >= 11 is 1.48. The minimum absolute atomic E-state index is 0.0360. The largest absolute Gasteiger partial charge is 0.455 e. The molecule has 11 heteroatoms. The Balaban J connectivity index is 1.34. The molecule has 1 aliphatic heterocycles. The average molecular weight is 494 g/mol. The number of amides is 1. The molecule has 1 aliphatic rings. The van der Waals surface area contributed by atoms with Crippen LogP contribution in [0.1, 0.15) is 33.4 Å². The molecule has 4 aromatic rings. The van der Waals surface area contributed by atoms with Crippen molar-refractivity contribution in [2.75, 3.05) is 23.8 Å².